The standard InChI is InChI=1S/C14H28N2/c1-12(10-13-4-3-5-13)16-8-6-14(7-9-16)11-15-2/h12-15H,3-11H2,1-2H3. The van der Waals surface area contributed by atoms with Gasteiger partial charge in [-0.25, -0.2) is 0 Å². The van der Waals surface area contributed by atoms with E-state index in [0.717, 1.165) is 17.9 Å². The zero-order valence-electron chi connectivity index (χ0n) is 11.0. The zero-order chi connectivity index (χ0) is 11.4. The number of rotatable bonds is 5. The van der Waals surface area contributed by atoms with Crippen LogP contribution < -0.4 is 5.32 Å². The molecule has 2 rings (SSSR count). The van der Waals surface area contributed by atoms with Gasteiger partial charge in [-0.3, -0.25) is 0 Å². The van der Waals surface area contributed by atoms with Gasteiger partial charge in [0.2, 0.25) is 0 Å². The van der Waals surface area contributed by atoms with Gasteiger partial charge in [-0.05, 0) is 64.7 Å². The number of hydrogen-bond donors (Lipinski definition) is 1. The summed E-state index contributed by atoms with van der Waals surface area (Å²) in [6.07, 6.45) is 8.74. The monoisotopic (exact) mass is 224 g/mol. The summed E-state index contributed by atoms with van der Waals surface area (Å²) in [5, 5.41) is 3.31. The zero-order valence-corrected chi connectivity index (χ0v) is 11.0. The minimum absolute atomic E-state index is 0.834. The van der Waals surface area contributed by atoms with Crippen LogP contribution in [0, 0.1) is 11.8 Å². The highest BCUT2D eigenvalue weighted by atomic mass is 15.2. The number of nitrogens with zero attached hydrogens (tertiary/aromatic N) is 1. The Kier molecular flexibility index (Phi) is 4.66. The Morgan fingerprint density at radius 2 is 1.81 bits per heavy atom. The van der Waals surface area contributed by atoms with E-state index in [0.29, 0.717) is 0 Å². The fraction of sp³-hybridized carbons (Fsp3) is 1.00. The third-order valence-corrected chi connectivity index (χ3v) is 4.66. The molecule has 94 valence electrons. The molecule has 1 saturated carbocycles. The molecule has 1 aliphatic heterocycles. The van der Waals surface area contributed by atoms with Crippen molar-refractivity contribution >= 4 is 0 Å². The van der Waals surface area contributed by atoms with Gasteiger partial charge in [0, 0.05) is 6.04 Å². The van der Waals surface area contributed by atoms with Crippen molar-refractivity contribution < 1.29 is 0 Å². The first-order valence-corrected chi connectivity index (χ1v) is 7.18. The van der Waals surface area contributed by atoms with E-state index in [2.05, 4.69) is 24.2 Å². The summed E-state index contributed by atoms with van der Waals surface area (Å²) in [4.78, 5) is 2.73. The van der Waals surface area contributed by atoms with Gasteiger partial charge in [0.05, 0.1) is 0 Å². The van der Waals surface area contributed by atoms with E-state index in [1.54, 1.807) is 0 Å². The van der Waals surface area contributed by atoms with E-state index in [-0.39, 0.29) is 0 Å². The smallest absolute Gasteiger partial charge is 0.00695 e. The third-order valence-electron chi connectivity index (χ3n) is 4.66. The summed E-state index contributed by atoms with van der Waals surface area (Å²) in [7, 11) is 2.07. The van der Waals surface area contributed by atoms with Gasteiger partial charge in [0.1, 0.15) is 0 Å². The first kappa shape index (κ1) is 12.4. The third kappa shape index (κ3) is 3.21. The molecule has 1 N–H and O–H groups in total. The van der Waals surface area contributed by atoms with Crippen LogP contribution in [0.15, 0.2) is 0 Å². The van der Waals surface area contributed by atoms with Crippen molar-refractivity contribution in [1.29, 1.82) is 0 Å². The van der Waals surface area contributed by atoms with Crippen LogP contribution in [-0.4, -0.2) is 37.6 Å². The van der Waals surface area contributed by atoms with Gasteiger partial charge in [-0.1, -0.05) is 19.3 Å². The average Bonchev–Trinajstić information content (AvgIpc) is 2.25. The van der Waals surface area contributed by atoms with Crippen LogP contribution in [0.3, 0.4) is 0 Å². The van der Waals surface area contributed by atoms with Crippen molar-refractivity contribution in [1.82, 2.24) is 10.2 Å². The molecule has 1 heterocycles. The van der Waals surface area contributed by atoms with Crippen molar-refractivity contribution in [2.24, 2.45) is 11.8 Å². The summed E-state index contributed by atoms with van der Waals surface area (Å²) < 4.78 is 0. The first-order valence-electron chi connectivity index (χ1n) is 7.18. The molecular weight excluding hydrogens is 196 g/mol. The molecule has 2 fully saturated rings. The SMILES string of the molecule is CNCC1CCN(C(C)CC2CCC2)CC1. The lowest BCUT2D eigenvalue weighted by Crippen LogP contribution is -2.42. The van der Waals surface area contributed by atoms with E-state index in [9.17, 15) is 0 Å². The fourth-order valence-corrected chi connectivity index (χ4v) is 3.25. The maximum absolute atomic E-state index is 3.31. The second kappa shape index (κ2) is 6.02. The Morgan fingerprint density at radius 3 is 2.31 bits per heavy atom. The number of piperidine rings is 1. The van der Waals surface area contributed by atoms with Crippen molar-refractivity contribution in [2.75, 3.05) is 26.7 Å². The molecule has 0 radical (unpaired) electrons. The topological polar surface area (TPSA) is 15.3 Å². The van der Waals surface area contributed by atoms with Crippen LogP contribution >= 0.6 is 0 Å². The van der Waals surface area contributed by atoms with E-state index in [1.165, 1.54) is 58.2 Å². The summed E-state index contributed by atoms with van der Waals surface area (Å²) in [6.45, 7) is 6.32. The van der Waals surface area contributed by atoms with Gasteiger partial charge < -0.3 is 10.2 Å². The van der Waals surface area contributed by atoms with E-state index in [4.69, 9.17) is 0 Å². The van der Waals surface area contributed by atoms with E-state index >= 15 is 0 Å². The van der Waals surface area contributed by atoms with Crippen molar-refractivity contribution in [3.8, 4) is 0 Å². The summed E-state index contributed by atoms with van der Waals surface area (Å²) in [5.74, 6) is 1.99. The Labute approximate surface area is 101 Å². The Morgan fingerprint density at radius 1 is 1.12 bits per heavy atom. The summed E-state index contributed by atoms with van der Waals surface area (Å²) in [5.41, 5.74) is 0. The second-order valence-electron chi connectivity index (χ2n) is 5.92. The van der Waals surface area contributed by atoms with E-state index in [1.807, 2.05) is 0 Å². The van der Waals surface area contributed by atoms with Crippen molar-refractivity contribution in [3.05, 3.63) is 0 Å². The fourth-order valence-electron chi connectivity index (χ4n) is 3.25. The van der Waals surface area contributed by atoms with Gasteiger partial charge >= 0.3 is 0 Å². The molecular formula is C14H28N2. The predicted octanol–water partition coefficient (Wildman–Crippen LogP) is 2.50. The van der Waals surface area contributed by atoms with E-state index < -0.39 is 0 Å². The molecule has 1 atom stereocenters. The number of likely N-dealkylation sites (tertiary alicyclic amines) is 1. The first-order chi connectivity index (χ1) is 7.79. The Bertz CT molecular complexity index is 193. The summed E-state index contributed by atoms with van der Waals surface area (Å²) >= 11 is 0. The number of nitrogens with one attached hydrogen (secondary N) is 1. The molecule has 2 nitrogen and oxygen atoms in total. The predicted molar refractivity (Wildman–Crippen MR) is 69.6 cm³/mol. The molecule has 2 aliphatic rings. The minimum Gasteiger partial charge on any atom is -0.319 e. The largest absolute Gasteiger partial charge is 0.319 e. The summed E-state index contributed by atoms with van der Waals surface area (Å²) in [6, 6.07) is 0.834. The molecule has 0 aromatic carbocycles. The molecule has 0 bridgehead atoms. The molecule has 0 aromatic heterocycles. The Hall–Kier alpha value is -0.0800. The highest BCUT2D eigenvalue weighted by molar-refractivity contribution is 4.80. The van der Waals surface area contributed by atoms with Crippen LogP contribution in [0.4, 0.5) is 0 Å². The van der Waals surface area contributed by atoms with Crippen LogP contribution in [-0.2, 0) is 0 Å². The maximum Gasteiger partial charge on any atom is 0.00695 e. The molecule has 16 heavy (non-hydrogen) atoms. The lowest BCUT2D eigenvalue weighted by molar-refractivity contribution is 0.111. The molecule has 1 aliphatic carbocycles. The molecule has 1 unspecified atom stereocenters. The quantitative estimate of drug-likeness (QED) is 0.772. The molecule has 0 spiro atoms. The molecule has 0 amide bonds. The molecule has 2 heteroatoms. The van der Waals surface area contributed by atoms with Crippen molar-refractivity contribution in [3.63, 3.8) is 0 Å². The average molecular weight is 224 g/mol. The lowest BCUT2D eigenvalue weighted by Gasteiger charge is -2.39. The van der Waals surface area contributed by atoms with Gasteiger partial charge in [-0.2, -0.15) is 0 Å². The highest BCUT2D eigenvalue weighted by Crippen LogP contribution is 2.32. The van der Waals surface area contributed by atoms with Crippen LogP contribution in [0.5, 0.6) is 0 Å². The van der Waals surface area contributed by atoms with Gasteiger partial charge in [-0.15, -0.1) is 0 Å². The van der Waals surface area contributed by atoms with Gasteiger partial charge in [0.25, 0.3) is 0 Å². The van der Waals surface area contributed by atoms with Crippen molar-refractivity contribution in [2.45, 2.75) is 51.5 Å². The second-order valence-corrected chi connectivity index (χ2v) is 5.92. The lowest BCUT2D eigenvalue weighted by atomic mass is 9.80. The van der Waals surface area contributed by atoms with Crippen LogP contribution in [0.25, 0.3) is 0 Å². The van der Waals surface area contributed by atoms with Crippen LogP contribution in [0.1, 0.15) is 45.4 Å². The Balaban J connectivity index is 1.66. The normalized spacial score (nSPS) is 26.6. The molecule has 0 aromatic rings. The minimum atomic E-state index is 0.834. The number of hydrogen-bond acceptors (Lipinski definition) is 2. The van der Waals surface area contributed by atoms with Gasteiger partial charge in [0.15, 0.2) is 0 Å². The maximum atomic E-state index is 3.31. The molecule has 1 saturated heterocycles. The highest BCUT2D eigenvalue weighted by Gasteiger charge is 2.26. The van der Waals surface area contributed by atoms with Crippen LogP contribution in [0.2, 0.25) is 0 Å².